The predicted octanol–water partition coefficient (Wildman–Crippen LogP) is 4.61. The number of ketones is 1. The van der Waals surface area contributed by atoms with Crippen LogP contribution in [-0.4, -0.2) is 30.6 Å². The topological polar surface area (TPSA) is 55.8 Å². The predicted molar refractivity (Wildman–Crippen MR) is 124 cm³/mol. The summed E-state index contributed by atoms with van der Waals surface area (Å²) >= 11 is 0. The molecule has 6 bridgehead atoms. The summed E-state index contributed by atoms with van der Waals surface area (Å²) in [6, 6.07) is 4.62. The molecule has 1 aliphatic heterocycles. The molecule has 6 aliphatic rings. The van der Waals surface area contributed by atoms with Crippen molar-refractivity contribution < 1.29 is 19.1 Å². The van der Waals surface area contributed by atoms with Crippen LogP contribution in [0.25, 0.3) is 0 Å². The largest absolute Gasteiger partial charge is 0.497 e. The summed E-state index contributed by atoms with van der Waals surface area (Å²) < 4.78 is 11.8. The Balaban J connectivity index is 1.40. The number of anilines is 1. The lowest BCUT2D eigenvalue weighted by molar-refractivity contribution is -0.128. The van der Waals surface area contributed by atoms with Crippen molar-refractivity contribution in [3.63, 3.8) is 0 Å². The highest BCUT2D eigenvalue weighted by atomic mass is 16.6. The highest BCUT2D eigenvalue weighted by Crippen LogP contribution is 2.57. The van der Waals surface area contributed by atoms with Gasteiger partial charge in [0.05, 0.1) is 18.7 Å². The van der Waals surface area contributed by atoms with E-state index in [1.807, 2.05) is 18.2 Å². The molecule has 7 rings (SSSR count). The smallest absolute Gasteiger partial charge is 0.416 e. The number of methoxy groups -OCH3 is 1. The summed E-state index contributed by atoms with van der Waals surface area (Å²) in [5.41, 5.74) is 1.02. The maximum atomic E-state index is 13.8. The maximum Gasteiger partial charge on any atom is 0.416 e. The van der Waals surface area contributed by atoms with Gasteiger partial charge in [0.25, 0.3) is 0 Å². The van der Waals surface area contributed by atoms with Crippen LogP contribution in [0.15, 0.2) is 30.4 Å². The zero-order valence-corrected chi connectivity index (χ0v) is 18.8. The van der Waals surface area contributed by atoms with Gasteiger partial charge in [-0.1, -0.05) is 23.7 Å². The molecule has 168 valence electrons. The molecule has 4 fully saturated rings. The number of rotatable bonds is 2. The van der Waals surface area contributed by atoms with Crippen molar-refractivity contribution in [3.05, 3.63) is 35.9 Å². The average molecular weight is 442 g/mol. The molecule has 0 radical (unpaired) electrons. The Labute approximate surface area is 194 Å². The van der Waals surface area contributed by atoms with Crippen molar-refractivity contribution >= 4 is 17.6 Å². The third-order valence-electron chi connectivity index (χ3n) is 8.10. The van der Waals surface area contributed by atoms with Crippen molar-refractivity contribution in [3.8, 4) is 29.4 Å². The van der Waals surface area contributed by atoms with Crippen molar-refractivity contribution in [1.29, 1.82) is 0 Å². The van der Waals surface area contributed by atoms with E-state index in [0.29, 0.717) is 35.6 Å². The second-order valence-electron chi connectivity index (χ2n) is 10.3. The zero-order chi connectivity index (χ0) is 22.6. The Kier molecular flexibility index (Phi) is 4.77. The number of carbonyl (C=O) groups is 2. The first-order chi connectivity index (χ1) is 16.0. The van der Waals surface area contributed by atoms with E-state index in [-0.39, 0.29) is 5.78 Å². The first-order valence-corrected chi connectivity index (χ1v) is 11.9. The third-order valence-corrected chi connectivity index (χ3v) is 8.10. The summed E-state index contributed by atoms with van der Waals surface area (Å²) in [4.78, 5) is 28.9. The lowest BCUT2D eigenvalue weighted by Crippen LogP contribution is -2.57. The Bertz CT molecular complexity index is 1140. The van der Waals surface area contributed by atoms with Crippen LogP contribution in [-0.2, 0) is 9.53 Å². The molecule has 0 unspecified atom stereocenters. The minimum atomic E-state index is -0.887. The van der Waals surface area contributed by atoms with E-state index in [1.54, 1.807) is 19.3 Å². The number of hydrogen-bond acceptors (Lipinski definition) is 4. The van der Waals surface area contributed by atoms with Crippen LogP contribution in [0.1, 0.15) is 56.4 Å². The number of hydrogen-bond donors (Lipinski definition) is 0. The summed E-state index contributed by atoms with van der Waals surface area (Å²) in [6.07, 6.45) is 9.87. The van der Waals surface area contributed by atoms with Gasteiger partial charge in [0.2, 0.25) is 0 Å². The van der Waals surface area contributed by atoms with Gasteiger partial charge in [-0.15, -0.1) is 0 Å². The second kappa shape index (κ2) is 7.70. The van der Waals surface area contributed by atoms with Crippen molar-refractivity contribution in [2.75, 3.05) is 12.0 Å². The molecular formula is C28H27NO4. The summed E-state index contributed by atoms with van der Waals surface area (Å²) in [6.45, 7) is 0. The van der Waals surface area contributed by atoms with Crippen LogP contribution < -0.4 is 9.64 Å². The molecule has 4 saturated carbocycles. The van der Waals surface area contributed by atoms with E-state index in [0.717, 1.165) is 24.8 Å². The van der Waals surface area contributed by atoms with Gasteiger partial charge in [0.1, 0.15) is 11.4 Å². The Hall–Kier alpha value is -3.18. The molecule has 0 saturated heterocycles. The molecule has 1 amide bonds. The molecule has 33 heavy (non-hydrogen) atoms. The molecule has 1 heterocycles. The number of fused-ring (bicyclic) bond motifs is 4. The molecule has 1 aromatic rings. The van der Waals surface area contributed by atoms with Gasteiger partial charge in [-0.05, 0) is 92.2 Å². The second-order valence-corrected chi connectivity index (χ2v) is 10.3. The van der Waals surface area contributed by atoms with Gasteiger partial charge in [0.15, 0.2) is 11.8 Å². The number of amides is 1. The number of nitrogens with zero attached hydrogens (tertiary/aromatic N) is 1. The quantitative estimate of drug-likeness (QED) is 0.629. The van der Waals surface area contributed by atoms with Crippen molar-refractivity contribution in [1.82, 2.24) is 0 Å². The summed E-state index contributed by atoms with van der Waals surface area (Å²) in [7, 11) is 1.59. The first-order valence-electron chi connectivity index (χ1n) is 11.9. The Morgan fingerprint density at radius 2 is 1.76 bits per heavy atom. The molecular weight excluding hydrogens is 414 g/mol. The fourth-order valence-corrected chi connectivity index (χ4v) is 7.14. The van der Waals surface area contributed by atoms with E-state index in [2.05, 4.69) is 23.7 Å². The van der Waals surface area contributed by atoms with Crippen LogP contribution >= 0.6 is 0 Å². The van der Waals surface area contributed by atoms with Crippen molar-refractivity contribution in [2.45, 2.75) is 62.5 Å². The van der Waals surface area contributed by atoms with Gasteiger partial charge in [-0.2, -0.15) is 0 Å². The van der Waals surface area contributed by atoms with Gasteiger partial charge < -0.3 is 9.47 Å². The standard InChI is InChI=1S/C28H27NO4/c1-32-21-9-10-24-23(14-21)22-7-5-3-2-4-6-8-25(26(22)30)29(24)27(31)33-28-15-18-11-19(16-28)13-20(12-18)17-28/h2,4,9-10,14,18-20,22,25H,7,11-13,15-17H2,1H3/b4-2+/t18?,19?,20?,22-,25-,28?/m1/s1. The zero-order valence-electron chi connectivity index (χ0n) is 18.8. The number of ether oxygens (including phenoxy) is 2. The van der Waals surface area contributed by atoms with E-state index in [4.69, 9.17) is 9.47 Å². The highest BCUT2D eigenvalue weighted by Gasteiger charge is 2.54. The molecule has 1 aromatic carbocycles. The normalized spacial score (nSPS) is 36.0. The first kappa shape index (κ1) is 20.4. The molecule has 0 aromatic heterocycles. The van der Waals surface area contributed by atoms with Crippen molar-refractivity contribution in [2.24, 2.45) is 17.8 Å². The van der Waals surface area contributed by atoms with Gasteiger partial charge >= 0.3 is 6.09 Å². The highest BCUT2D eigenvalue weighted by molar-refractivity contribution is 6.08. The van der Waals surface area contributed by atoms with E-state index in [9.17, 15) is 9.59 Å². The summed E-state index contributed by atoms with van der Waals surface area (Å²) in [5, 5.41) is 0. The summed E-state index contributed by atoms with van der Waals surface area (Å²) in [5.74, 6) is 14.0. The molecule has 0 spiro atoms. The van der Waals surface area contributed by atoms with Gasteiger partial charge in [-0.3, -0.25) is 9.69 Å². The number of Topliss-reactive ketones (excluding diaryl/α,β-unsaturated/α-hetero) is 1. The number of benzene rings is 1. The maximum absolute atomic E-state index is 13.8. The Morgan fingerprint density at radius 1 is 1.06 bits per heavy atom. The fraction of sp³-hybridized carbons (Fsp3) is 0.500. The molecule has 5 aliphatic carbocycles. The van der Waals surface area contributed by atoms with E-state index >= 15 is 0 Å². The lowest BCUT2D eigenvalue weighted by Gasteiger charge is -2.56. The third kappa shape index (κ3) is 3.42. The van der Waals surface area contributed by atoms with Crippen LogP contribution in [0.4, 0.5) is 10.5 Å². The minimum absolute atomic E-state index is 0.115. The van der Waals surface area contributed by atoms with Crippen LogP contribution in [0.5, 0.6) is 5.75 Å². The van der Waals surface area contributed by atoms with E-state index < -0.39 is 23.7 Å². The van der Waals surface area contributed by atoms with Gasteiger partial charge in [0, 0.05) is 6.42 Å². The minimum Gasteiger partial charge on any atom is -0.497 e. The average Bonchev–Trinajstić information content (AvgIpc) is 2.77. The molecule has 5 nitrogen and oxygen atoms in total. The molecule has 2 atom stereocenters. The lowest BCUT2D eigenvalue weighted by atomic mass is 9.54. The van der Waals surface area contributed by atoms with Crippen LogP contribution in [0.3, 0.4) is 0 Å². The molecule has 0 N–H and O–H groups in total. The number of carbonyl (C=O) groups excluding carboxylic acids is 2. The molecule has 5 heteroatoms. The van der Waals surface area contributed by atoms with Gasteiger partial charge in [-0.25, -0.2) is 4.79 Å². The van der Waals surface area contributed by atoms with Crippen LogP contribution in [0.2, 0.25) is 0 Å². The monoisotopic (exact) mass is 441 g/mol. The number of allylic oxidation sites excluding steroid dienone is 2. The van der Waals surface area contributed by atoms with E-state index in [1.165, 1.54) is 24.2 Å². The van der Waals surface area contributed by atoms with Crippen LogP contribution in [0, 0.1) is 41.4 Å². The Morgan fingerprint density at radius 3 is 2.45 bits per heavy atom. The SMILES string of the molecule is COc1ccc2c(c1)[C@H]1CC#C/C=C/C#C[C@H](C1=O)N2C(=O)OC12CC3CC(CC(C3)C1)C2. The fourth-order valence-electron chi connectivity index (χ4n) is 7.14.